The average molecular weight is 383 g/mol. The summed E-state index contributed by atoms with van der Waals surface area (Å²) in [6.07, 6.45) is 29.7. The summed E-state index contributed by atoms with van der Waals surface area (Å²) in [5.74, 6) is 0. The summed E-state index contributed by atoms with van der Waals surface area (Å²) in [5.41, 5.74) is 5.52. The largest absolute Gasteiger partial charge is 0.330 e. The first kappa shape index (κ1) is 26.9. The number of nitrogens with one attached hydrogen (secondary N) is 1. The van der Waals surface area contributed by atoms with Crippen molar-refractivity contribution in [3.8, 4) is 0 Å². The van der Waals surface area contributed by atoms with E-state index >= 15 is 0 Å². The molecule has 0 heterocycles. The lowest BCUT2D eigenvalue weighted by atomic mass is 10.1. The van der Waals surface area contributed by atoms with E-state index in [0.29, 0.717) is 0 Å². The highest BCUT2D eigenvalue weighted by Crippen LogP contribution is 2.11. The molecule has 164 valence electrons. The Balaban J connectivity index is 2.95. The summed E-state index contributed by atoms with van der Waals surface area (Å²) in [6.45, 7) is 5.63. The zero-order valence-electron chi connectivity index (χ0n) is 19.0. The second-order valence-electron chi connectivity index (χ2n) is 8.61. The van der Waals surface area contributed by atoms with E-state index in [4.69, 9.17) is 5.73 Å². The first-order valence-corrected chi connectivity index (χ1v) is 12.8. The van der Waals surface area contributed by atoms with Crippen molar-refractivity contribution in [1.29, 1.82) is 0 Å². The molecule has 0 aromatic rings. The third kappa shape index (κ3) is 25.9. The second kappa shape index (κ2) is 25.9. The molecule has 3 N–H and O–H groups in total. The van der Waals surface area contributed by atoms with E-state index in [1.807, 2.05) is 0 Å². The van der Waals surface area contributed by atoms with E-state index in [9.17, 15) is 0 Å². The Hall–Kier alpha value is -0.0800. The highest BCUT2D eigenvalue weighted by molar-refractivity contribution is 4.53. The van der Waals surface area contributed by atoms with Gasteiger partial charge in [0.05, 0.1) is 0 Å². The average Bonchev–Trinajstić information content (AvgIpc) is 2.68. The van der Waals surface area contributed by atoms with E-state index < -0.39 is 0 Å². The second-order valence-corrected chi connectivity index (χ2v) is 8.61. The standard InChI is InChI=1S/C25H54N2/c1-2-3-4-5-6-7-9-12-15-18-21-24-27-25-22-19-16-13-10-8-11-14-17-20-23-26/h27H,2-26H2,1H3. The molecule has 0 aliphatic carbocycles. The number of hydrogen-bond acceptors (Lipinski definition) is 2. The van der Waals surface area contributed by atoms with Crippen LogP contribution < -0.4 is 11.1 Å². The molecule has 2 heteroatoms. The summed E-state index contributed by atoms with van der Waals surface area (Å²) in [4.78, 5) is 0. The van der Waals surface area contributed by atoms with E-state index in [0.717, 1.165) is 6.54 Å². The molecule has 0 spiro atoms. The maximum atomic E-state index is 5.52. The van der Waals surface area contributed by atoms with E-state index in [-0.39, 0.29) is 0 Å². The van der Waals surface area contributed by atoms with Crippen LogP contribution in [0.5, 0.6) is 0 Å². The van der Waals surface area contributed by atoms with Gasteiger partial charge in [-0.2, -0.15) is 0 Å². The van der Waals surface area contributed by atoms with Crippen molar-refractivity contribution >= 4 is 0 Å². The van der Waals surface area contributed by atoms with Gasteiger partial charge in [0.25, 0.3) is 0 Å². The minimum Gasteiger partial charge on any atom is -0.330 e. The third-order valence-electron chi connectivity index (χ3n) is 5.76. The fraction of sp³-hybridized carbons (Fsp3) is 1.00. The lowest BCUT2D eigenvalue weighted by Gasteiger charge is -2.06. The van der Waals surface area contributed by atoms with Crippen LogP contribution >= 0.6 is 0 Å². The van der Waals surface area contributed by atoms with E-state index in [1.54, 1.807) is 0 Å². The molecule has 0 rings (SSSR count). The van der Waals surface area contributed by atoms with Crippen molar-refractivity contribution in [1.82, 2.24) is 5.32 Å². The molecule has 0 unspecified atom stereocenters. The van der Waals surface area contributed by atoms with Gasteiger partial charge in [0, 0.05) is 0 Å². The van der Waals surface area contributed by atoms with Crippen molar-refractivity contribution in [3.63, 3.8) is 0 Å². The monoisotopic (exact) mass is 382 g/mol. The van der Waals surface area contributed by atoms with Crippen LogP contribution in [0.25, 0.3) is 0 Å². The zero-order valence-corrected chi connectivity index (χ0v) is 19.0. The van der Waals surface area contributed by atoms with Gasteiger partial charge in [0.1, 0.15) is 0 Å². The molecule has 0 aromatic carbocycles. The molecular formula is C25H54N2. The Bertz CT molecular complexity index is 218. The number of rotatable bonds is 24. The van der Waals surface area contributed by atoms with Crippen LogP contribution in [-0.4, -0.2) is 19.6 Å². The molecule has 0 bridgehead atoms. The van der Waals surface area contributed by atoms with Gasteiger partial charge in [-0.1, -0.05) is 122 Å². The number of hydrogen-bond donors (Lipinski definition) is 2. The normalized spacial score (nSPS) is 11.3. The van der Waals surface area contributed by atoms with Gasteiger partial charge in [-0.05, 0) is 38.9 Å². The maximum Gasteiger partial charge on any atom is -0.00489 e. The van der Waals surface area contributed by atoms with Crippen molar-refractivity contribution in [2.24, 2.45) is 5.73 Å². The SMILES string of the molecule is CCCCCCCCCCCCCNCCCCCCCCCCCCN. The van der Waals surface area contributed by atoms with Crippen molar-refractivity contribution < 1.29 is 0 Å². The number of nitrogens with two attached hydrogens (primary N) is 1. The van der Waals surface area contributed by atoms with Crippen LogP contribution in [0.1, 0.15) is 142 Å². The van der Waals surface area contributed by atoms with Gasteiger partial charge < -0.3 is 11.1 Å². The fourth-order valence-electron chi connectivity index (χ4n) is 3.85. The molecule has 0 aromatic heterocycles. The molecule has 0 aliphatic heterocycles. The Kier molecular flexibility index (Phi) is 25.8. The van der Waals surface area contributed by atoms with Gasteiger partial charge in [-0.25, -0.2) is 0 Å². The Morgan fingerprint density at radius 3 is 1.04 bits per heavy atom. The van der Waals surface area contributed by atoms with Crippen LogP contribution in [0.2, 0.25) is 0 Å². The van der Waals surface area contributed by atoms with Crippen LogP contribution in [-0.2, 0) is 0 Å². The van der Waals surface area contributed by atoms with Crippen LogP contribution in [0.3, 0.4) is 0 Å². The summed E-state index contributed by atoms with van der Waals surface area (Å²) in [7, 11) is 0. The smallest absolute Gasteiger partial charge is 0.00489 e. The van der Waals surface area contributed by atoms with Gasteiger partial charge in [0.2, 0.25) is 0 Å². The molecule has 0 fully saturated rings. The first-order valence-electron chi connectivity index (χ1n) is 12.8. The lowest BCUT2D eigenvalue weighted by Crippen LogP contribution is -2.16. The Labute approximate surface area is 172 Å². The summed E-state index contributed by atoms with van der Waals surface area (Å²) in [5, 5.41) is 3.64. The highest BCUT2D eigenvalue weighted by Gasteiger charge is 1.95. The summed E-state index contributed by atoms with van der Waals surface area (Å²) < 4.78 is 0. The minimum absolute atomic E-state index is 0.868. The van der Waals surface area contributed by atoms with Gasteiger partial charge >= 0.3 is 0 Å². The zero-order chi connectivity index (χ0) is 19.7. The molecule has 2 nitrogen and oxygen atoms in total. The molecule has 0 atom stereocenters. The summed E-state index contributed by atoms with van der Waals surface area (Å²) in [6, 6.07) is 0. The molecule has 0 saturated heterocycles. The maximum absolute atomic E-state index is 5.52. The molecule has 0 radical (unpaired) electrons. The van der Waals surface area contributed by atoms with Gasteiger partial charge in [-0.15, -0.1) is 0 Å². The minimum atomic E-state index is 0.868. The quantitative estimate of drug-likeness (QED) is 0.167. The molecular weight excluding hydrogens is 328 g/mol. The predicted molar refractivity (Wildman–Crippen MR) is 125 cm³/mol. The van der Waals surface area contributed by atoms with E-state index in [2.05, 4.69) is 12.2 Å². The highest BCUT2D eigenvalue weighted by atomic mass is 14.8. The van der Waals surface area contributed by atoms with Crippen LogP contribution in [0.4, 0.5) is 0 Å². The van der Waals surface area contributed by atoms with Crippen molar-refractivity contribution in [3.05, 3.63) is 0 Å². The lowest BCUT2D eigenvalue weighted by molar-refractivity contribution is 0.523. The molecule has 27 heavy (non-hydrogen) atoms. The Morgan fingerprint density at radius 1 is 0.407 bits per heavy atom. The predicted octanol–water partition coefficient (Wildman–Crippen LogP) is 7.75. The molecule has 0 amide bonds. The van der Waals surface area contributed by atoms with Crippen LogP contribution in [0.15, 0.2) is 0 Å². The molecule has 0 saturated carbocycles. The van der Waals surface area contributed by atoms with Crippen molar-refractivity contribution in [2.45, 2.75) is 142 Å². The van der Waals surface area contributed by atoms with Crippen LogP contribution in [0, 0.1) is 0 Å². The van der Waals surface area contributed by atoms with E-state index in [1.165, 1.54) is 148 Å². The Morgan fingerprint density at radius 2 is 0.704 bits per heavy atom. The van der Waals surface area contributed by atoms with Crippen molar-refractivity contribution in [2.75, 3.05) is 19.6 Å². The third-order valence-corrected chi connectivity index (χ3v) is 5.76. The summed E-state index contributed by atoms with van der Waals surface area (Å²) >= 11 is 0. The molecule has 0 aliphatic rings. The number of unbranched alkanes of at least 4 members (excludes halogenated alkanes) is 19. The van der Waals surface area contributed by atoms with Gasteiger partial charge in [-0.3, -0.25) is 0 Å². The topological polar surface area (TPSA) is 38.0 Å². The fourth-order valence-corrected chi connectivity index (χ4v) is 3.85. The van der Waals surface area contributed by atoms with Gasteiger partial charge in [0.15, 0.2) is 0 Å². The first-order chi connectivity index (χ1) is 13.4.